The lowest BCUT2D eigenvalue weighted by atomic mass is 10.0. The smallest absolute Gasteiger partial charge is 0.243 e. The molecule has 0 fully saturated rings. The first-order valence-electron chi connectivity index (χ1n) is 8.42. The summed E-state index contributed by atoms with van der Waals surface area (Å²) in [6, 6.07) is 8.59. The number of hydrogen-bond acceptors (Lipinski definition) is 6. The van der Waals surface area contributed by atoms with E-state index in [1.54, 1.807) is 18.2 Å². The molecule has 2 aromatic rings. The van der Waals surface area contributed by atoms with Crippen molar-refractivity contribution in [2.45, 2.75) is 17.9 Å². The fourth-order valence-electron chi connectivity index (χ4n) is 3.46. The van der Waals surface area contributed by atoms with Crippen molar-refractivity contribution in [3.8, 4) is 23.0 Å². The minimum Gasteiger partial charge on any atom is -0.486 e. The molecule has 0 amide bonds. The van der Waals surface area contributed by atoms with E-state index < -0.39 is 10.0 Å². The number of benzene rings is 2. The molecule has 8 heteroatoms. The summed E-state index contributed by atoms with van der Waals surface area (Å²) in [5.41, 5.74) is 2.05. The van der Waals surface area contributed by atoms with Gasteiger partial charge in [0.05, 0.1) is 4.90 Å². The Bertz CT molecular complexity index is 987. The second kappa shape index (κ2) is 5.78. The molecule has 3 aliphatic heterocycles. The van der Waals surface area contributed by atoms with Gasteiger partial charge in [-0.1, -0.05) is 0 Å². The van der Waals surface area contributed by atoms with Crippen LogP contribution in [0.3, 0.4) is 0 Å². The molecular formula is C18H17NO6S. The summed E-state index contributed by atoms with van der Waals surface area (Å²) >= 11 is 0. The van der Waals surface area contributed by atoms with Crippen LogP contribution in [0.15, 0.2) is 35.2 Å². The van der Waals surface area contributed by atoms with Crippen molar-refractivity contribution >= 4 is 10.0 Å². The summed E-state index contributed by atoms with van der Waals surface area (Å²) in [7, 11) is -3.63. The van der Waals surface area contributed by atoms with Crippen LogP contribution in [0.5, 0.6) is 23.0 Å². The maximum atomic E-state index is 13.1. The van der Waals surface area contributed by atoms with Gasteiger partial charge in [-0.05, 0) is 41.8 Å². The number of rotatable bonds is 2. The average Bonchev–Trinajstić information content (AvgIpc) is 3.12. The summed E-state index contributed by atoms with van der Waals surface area (Å²) in [6.07, 6.45) is 0.635. The minimum absolute atomic E-state index is 0.206. The third kappa shape index (κ3) is 2.48. The van der Waals surface area contributed by atoms with Crippen LogP contribution in [-0.2, 0) is 23.0 Å². The van der Waals surface area contributed by atoms with E-state index in [2.05, 4.69) is 0 Å². The third-order valence-corrected chi connectivity index (χ3v) is 6.66. The largest absolute Gasteiger partial charge is 0.486 e. The molecule has 3 aliphatic rings. The first-order chi connectivity index (χ1) is 12.6. The second-order valence-corrected chi connectivity index (χ2v) is 8.31. The lowest BCUT2D eigenvalue weighted by molar-refractivity contribution is 0.171. The van der Waals surface area contributed by atoms with Crippen molar-refractivity contribution in [1.29, 1.82) is 0 Å². The highest BCUT2D eigenvalue weighted by Crippen LogP contribution is 2.38. The fraction of sp³-hybridized carbons (Fsp3) is 0.333. The summed E-state index contributed by atoms with van der Waals surface area (Å²) in [6.45, 7) is 1.82. The van der Waals surface area contributed by atoms with Gasteiger partial charge in [0.15, 0.2) is 23.0 Å². The van der Waals surface area contributed by atoms with Gasteiger partial charge >= 0.3 is 0 Å². The highest BCUT2D eigenvalue weighted by Gasteiger charge is 2.31. The molecule has 0 aliphatic carbocycles. The van der Waals surface area contributed by atoms with Crippen LogP contribution in [0.25, 0.3) is 0 Å². The molecule has 2 aromatic carbocycles. The number of fused-ring (bicyclic) bond motifs is 3. The Morgan fingerprint density at radius 2 is 1.50 bits per heavy atom. The molecule has 0 aromatic heterocycles. The van der Waals surface area contributed by atoms with Crippen molar-refractivity contribution in [1.82, 2.24) is 4.31 Å². The Hall–Kier alpha value is -2.45. The number of hydrogen-bond donors (Lipinski definition) is 0. The maximum absolute atomic E-state index is 13.1. The van der Waals surface area contributed by atoms with Crippen LogP contribution in [0.2, 0.25) is 0 Å². The van der Waals surface area contributed by atoms with E-state index in [1.807, 2.05) is 12.1 Å². The predicted molar refractivity (Wildman–Crippen MR) is 91.3 cm³/mol. The van der Waals surface area contributed by atoms with Crippen molar-refractivity contribution in [3.63, 3.8) is 0 Å². The van der Waals surface area contributed by atoms with E-state index in [1.165, 1.54) is 4.31 Å². The molecule has 0 N–H and O–H groups in total. The SMILES string of the molecule is O=S(=O)(c1ccc2c(c1)OCCO2)N1CCc2cc3c(cc2C1)OCO3. The number of sulfonamides is 1. The van der Waals surface area contributed by atoms with Gasteiger partial charge in [-0.15, -0.1) is 0 Å². The number of nitrogens with zero attached hydrogens (tertiary/aromatic N) is 1. The average molecular weight is 375 g/mol. The van der Waals surface area contributed by atoms with Crippen molar-refractivity contribution in [3.05, 3.63) is 41.5 Å². The second-order valence-electron chi connectivity index (χ2n) is 6.37. The lowest BCUT2D eigenvalue weighted by Gasteiger charge is -2.28. The standard InChI is InChI=1S/C18H17NO6S/c20-26(21,14-1-2-15-18(9-14)23-6-5-22-15)19-4-3-12-7-16-17(25-11-24-16)8-13(12)10-19/h1-2,7-9H,3-6,10-11H2. The molecule has 7 nitrogen and oxygen atoms in total. The van der Waals surface area contributed by atoms with Crippen LogP contribution in [0, 0.1) is 0 Å². The summed E-state index contributed by atoms with van der Waals surface area (Å²) < 4.78 is 49.5. The summed E-state index contributed by atoms with van der Waals surface area (Å²) in [5.74, 6) is 2.44. The fourth-order valence-corrected chi connectivity index (χ4v) is 4.89. The highest BCUT2D eigenvalue weighted by molar-refractivity contribution is 7.89. The Labute approximate surface area is 151 Å². The monoisotopic (exact) mass is 375 g/mol. The zero-order valence-corrected chi connectivity index (χ0v) is 14.8. The predicted octanol–water partition coefficient (Wildman–Crippen LogP) is 1.93. The number of ether oxygens (including phenoxy) is 4. The van der Waals surface area contributed by atoms with E-state index >= 15 is 0 Å². The van der Waals surface area contributed by atoms with Gasteiger partial charge in [0.1, 0.15) is 13.2 Å². The van der Waals surface area contributed by atoms with Crippen LogP contribution >= 0.6 is 0 Å². The lowest BCUT2D eigenvalue weighted by Crippen LogP contribution is -2.36. The zero-order chi connectivity index (χ0) is 17.7. The van der Waals surface area contributed by atoms with Crippen LogP contribution in [-0.4, -0.2) is 39.3 Å². The quantitative estimate of drug-likeness (QED) is 0.799. The molecule has 0 atom stereocenters. The Morgan fingerprint density at radius 3 is 2.31 bits per heavy atom. The molecule has 0 saturated heterocycles. The molecule has 0 spiro atoms. The molecule has 0 radical (unpaired) electrons. The van der Waals surface area contributed by atoms with E-state index in [-0.39, 0.29) is 11.7 Å². The van der Waals surface area contributed by atoms with E-state index in [4.69, 9.17) is 18.9 Å². The van der Waals surface area contributed by atoms with Gasteiger partial charge in [-0.2, -0.15) is 4.31 Å². The molecule has 0 bridgehead atoms. The first kappa shape index (κ1) is 15.8. The minimum atomic E-state index is -3.63. The third-order valence-electron chi connectivity index (χ3n) is 4.82. The van der Waals surface area contributed by atoms with Crippen molar-refractivity contribution in [2.24, 2.45) is 0 Å². The zero-order valence-electron chi connectivity index (χ0n) is 13.9. The molecule has 26 heavy (non-hydrogen) atoms. The van der Waals surface area contributed by atoms with E-state index in [0.29, 0.717) is 50.0 Å². The van der Waals surface area contributed by atoms with Gasteiger partial charge in [0, 0.05) is 19.2 Å². The van der Waals surface area contributed by atoms with Gasteiger partial charge in [-0.3, -0.25) is 0 Å². The maximum Gasteiger partial charge on any atom is 0.243 e. The van der Waals surface area contributed by atoms with Gasteiger partial charge in [0.25, 0.3) is 0 Å². The van der Waals surface area contributed by atoms with Crippen LogP contribution in [0.1, 0.15) is 11.1 Å². The molecule has 5 rings (SSSR count). The molecule has 3 heterocycles. The highest BCUT2D eigenvalue weighted by atomic mass is 32.2. The van der Waals surface area contributed by atoms with E-state index in [9.17, 15) is 8.42 Å². The first-order valence-corrected chi connectivity index (χ1v) is 9.86. The molecule has 0 saturated carbocycles. The van der Waals surface area contributed by atoms with Gasteiger partial charge in [-0.25, -0.2) is 8.42 Å². The van der Waals surface area contributed by atoms with Crippen LogP contribution < -0.4 is 18.9 Å². The van der Waals surface area contributed by atoms with Crippen molar-refractivity contribution in [2.75, 3.05) is 26.6 Å². The van der Waals surface area contributed by atoms with Crippen molar-refractivity contribution < 1.29 is 27.4 Å². The molecule has 0 unspecified atom stereocenters. The summed E-state index contributed by atoms with van der Waals surface area (Å²) in [4.78, 5) is 0.214. The van der Waals surface area contributed by atoms with E-state index in [0.717, 1.165) is 16.9 Å². The molecule has 136 valence electrons. The molecular weight excluding hydrogens is 358 g/mol. The Kier molecular flexibility index (Phi) is 3.51. The van der Waals surface area contributed by atoms with Gasteiger partial charge < -0.3 is 18.9 Å². The van der Waals surface area contributed by atoms with Crippen LogP contribution in [0.4, 0.5) is 0 Å². The topological polar surface area (TPSA) is 74.3 Å². The Balaban J connectivity index is 1.46. The Morgan fingerprint density at radius 1 is 0.808 bits per heavy atom. The van der Waals surface area contributed by atoms with Gasteiger partial charge in [0.2, 0.25) is 16.8 Å². The normalized spacial score (nSPS) is 18.5. The summed E-state index contributed by atoms with van der Waals surface area (Å²) in [5, 5.41) is 0.